The lowest BCUT2D eigenvalue weighted by Gasteiger charge is -2.14. The highest BCUT2D eigenvalue weighted by molar-refractivity contribution is 9.10. The van der Waals surface area contributed by atoms with Crippen molar-refractivity contribution in [3.8, 4) is 11.5 Å². The molecule has 0 fully saturated rings. The van der Waals surface area contributed by atoms with Gasteiger partial charge in [0, 0.05) is 5.69 Å². The second-order valence-electron chi connectivity index (χ2n) is 4.72. The van der Waals surface area contributed by atoms with Gasteiger partial charge in [0.1, 0.15) is 11.5 Å². The average Bonchev–Trinajstić information content (AvgIpc) is 2.36. The van der Waals surface area contributed by atoms with Crippen molar-refractivity contribution in [2.24, 2.45) is 0 Å². The van der Waals surface area contributed by atoms with Gasteiger partial charge in [0.05, 0.1) is 10.0 Å². The van der Waals surface area contributed by atoms with Crippen LogP contribution in [0.15, 0.2) is 34.8 Å². The number of hydrogen-bond donors (Lipinski definition) is 1. The van der Waals surface area contributed by atoms with E-state index in [0.29, 0.717) is 17.2 Å². The molecule has 21 heavy (non-hydrogen) atoms. The second kappa shape index (κ2) is 5.60. The molecule has 6 heteroatoms. The Kier molecular flexibility index (Phi) is 4.18. The molecule has 112 valence electrons. The van der Waals surface area contributed by atoms with Crippen molar-refractivity contribution in [1.82, 2.24) is 0 Å². The number of nitrogens with two attached hydrogens (primary N) is 1. The molecule has 2 rings (SSSR count). The molecule has 0 amide bonds. The molecule has 0 saturated heterocycles. The van der Waals surface area contributed by atoms with Crippen molar-refractivity contribution in [3.05, 3.63) is 51.5 Å². The van der Waals surface area contributed by atoms with Gasteiger partial charge in [-0.3, -0.25) is 0 Å². The van der Waals surface area contributed by atoms with E-state index in [-0.39, 0.29) is 4.47 Å². The minimum absolute atomic E-state index is 0.242. The molecule has 2 N–H and O–H groups in total. The number of halogens is 4. The van der Waals surface area contributed by atoms with Crippen LogP contribution in [0.2, 0.25) is 0 Å². The molecule has 0 heterocycles. The molecule has 0 atom stereocenters. The van der Waals surface area contributed by atoms with Gasteiger partial charge in [-0.2, -0.15) is 13.2 Å². The van der Waals surface area contributed by atoms with Crippen LogP contribution in [0.4, 0.5) is 18.9 Å². The van der Waals surface area contributed by atoms with E-state index in [1.165, 1.54) is 6.07 Å². The maximum absolute atomic E-state index is 12.6. The standard InChI is InChI=1S/C15H13BrF3NO/c1-8-6-14(9(2)5-12(8)20)21-13-4-3-10(7-11(13)16)15(17,18)19/h3-7H,20H2,1-2H3. The molecule has 0 unspecified atom stereocenters. The van der Waals surface area contributed by atoms with Crippen LogP contribution in [0.1, 0.15) is 16.7 Å². The number of nitrogen functional groups attached to an aromatic ring is 1. The van der Waals surface area contributed by atoms with Crippen LogP contribution in [0.3, 0.4) is 0 Å². The normalized spacial score (nSPS) is 11.5. The molecule has 0 aliphatic carbocycles. The van der Waals surface area contributed by atoms with Crippen molar-refractivity contribution in [2.45, 2.75) is 20.0 Å². The zero-order chi connectivity index (χ0) is 15.8. The zero-order valence-corrected chi connectivity index (χ0v) is 13.0. The molecule has 2 aromatic rings. The molecule has 0 saturated carbocycles. The summed E-state index contributed by atoms with van der Waals surface area (Å²) in [6, 6.07) is 6.80. The Balaban J connectivity index is 2.35. The second-order valence-corrected chi connectivity index (χ2v) is 5.57. The maximum atomic E-state index is 12.6. The van der Waals surface area contributed by atoms with E-state index in [9.17, 15) is 13.2 Å². The smallest absolute Gasteiger partial charge is 0.416 e. The summed E-state index contributed by atoms with van der Waals surface area (Å²) < 4.78 is 43.8. The van der Waals surface area contributed by atoms with Gasteiger partial charge in [0.2, 0.25) is 0 Å². The van der Waals surface area contributed by atoms with Crippen LogP contribution in [0.25, 0.3) is 0 Å². The molecule has 2 nitrogen and oxygen atoms in total. The number of anilines is 1. The van der Waals surface area contributed by atoms with E-state index >= 15 is 0 Å². The van der Waals surface area contributed by atoms with E-state index in [4.69, 9.17) is 10.5 Å². The van der Waals surface area contributed by atoms with Crippen LogP contribution in [0, 0.1) is 13.8 Å². The van der Waals surface area contributed by atoms with Gasteiger partial charge in [-0.25, -0.2) is 0 Å². The predicted molar refractivity (Wildman–Crippen MR) is 79.5 cm³/mol. The van der Waals surface area contributed by atoms with Gasteiger partial charge in [-0.15, -0.1) is 0 Å². The van der Waals surface area contributed by atoms with E-state index < -0.39 is 11.7 Å². The first-order valence-corrected chi connectivity index (χ1v) is 6.89. The van der Waals surface area contributed by atoms with Gasteiger partial charge in [-0.05, 0) is 71.2 Å². The molecular formula is C15H13BrF3NO. The van der Waals surface area contributed by atoms with Gasteiger partial charge in [-0.1, -0.05) is 0 Å². The number of ether oxygens (including phenoxy) is 1. The highest BCUT2D eigenvalue weighted by Crippen LogP contribution is 2.37. The minimum atomic E-state index is -4.38. The lowest BCUT2D eigenvalue weighted by Crippen LogP contribution is -2.04. The molecule has 0 aliphatic rings. The van der Waals surface area contributed by atoms with Crippen molar-refractivity contribution < 1.29 is 17.9 Å². The summed E-state index contributed by atoms with van der Waals surface area (Å²) in [5.74, 6) is 0.873. The molecule has 0 spiro atoms. The molecule has 0 radical (unpaired) electrons. The van der Waals surface area contributed by atoms with E-state index in [1.54, 1.807) is 12.1 Å². The first kappa shape index (κ1) is 15.7. The largest absolute Gasteiger partial charge is 0.456 e. The van der Waals surface area contributed by atoms with E-state index in [0.717, 1.165) is 23.3 Å². The minimum Gasteiger partial charge on any atom is -0.456 e. The molecule has 2 aromatic carbocycles. The Morgan fingerprint density at radius 2 is 1.67 bits per heavy atom. The summed E-state index contributed by atoms with van der Waals surface area (Å²) in [5.41, 5.74) is 7.36. The summed E-state index contributed by atoms with van der Waals surface area (Å²) in [7, 11) is 0. The third-order valence-corrected chi connectivity index (χ3v) is 3.66. The molecule has 0 bridgehead atoms. The summed E-state index contributed by atoms with van der Waals surface area (Å²) in [6.45, 7) is 3.66. The Morgan fingerprint density at radius 1 is 1.00 bits per heavy atom. The number of hydrogen-bond acceptors (Lipinski definition) is 2. The highest BCUT2D eigenvalue weighted by atomic mass is 79.9. The van der Waals surface area contributed by atoms with Crippen molar-refractivity contribution in [2.75, 3.05) is 5.73 Å². The SMILES string of the molecule is Cc1cc(Oc2ccc(C(F)(F)F)cc2Br)c(C)cc1N. The topological polar surface area (TPSA) is 35.2 Å². The van der Waals surface area contributed by atoms with Gasteiger partial charge < -0.3 is 10.5 Å². The third kappa shape index (κ3) is 3.50. The Bertz CT molecular complexity index is 683. The fourth-order valence-electron chi connectivity index (χ4n) is 1.80. The highest BCUT2D eigenvalue weighted by Gasteiger charge is 2.31. The number of benzene rings is 2. The van der Waals surface area contributed by atoms with Gasteiger partial charge >= 0.3 is 6.18 Å². The van der Waals surface area contributed by atoms with Crippen LogP contribution in [-0.4, -0.2) is 0 Å². The fraction of sp³-hybridized carbons (Fsp3) is 0.200. The summed E-state index contributed by atoms with van der Waals surface area (Å²) >= 11 is 3.10. The summed E-state index contributed by atoms with van der Waals surface area (Å²) in [4.78, 5) is 0. The van der Waals surface area contributed by atoms with Crippen LogP contribution >= 0.6 is 15.9 Å². The molecular weight excluding hydrogens is 347 g/mol. The fourth-order valence-corrected chi connectivity index (χ4v) is 2.26. The molecule has 0 aliphatic heterocycles. The summed E-state index contributed by atoms with van der Waals surface area (Å²) in [5, 5.41) is 0. The lowest BCUT2D eigenvalue weighted by molar-refractivity contribution is -0.137. The number of alkyl halides is 3. The lowest BCUT2D eigenvalue weighted by atomic mass is 10.1. The quantitative estimate of drug-likeness (QED) is 0.722. The Labute approximate surface area is 128 Å². The van der Waals surface area contributed by atoms with Crippen molar-refractivity contribution in [3.63, 3.8) is 0 Å². The summed E-state index contributed by atoms with van der Waals surface area (Å²) in [6.07, 6.45) is -4.38. The van der Waals surface area contributed by atoms with Crippen molar-refractivity contribution >= 4 is 21.6 Å². The van der Waals surface area contributed by atoms with Crippen LogP contribution in [-0.2, 0) is 6.18 Å². The third-order valence-electron chi connectivity index (χ3n) is 3.04. The van der Waals surface area contributed by atoms with E-state index in [1.807, 2.05) is 13.8 Å². The maximum Gasteiger partial charge on any atom is 0.416 e. The van der Waals surface area contributed by atoms with Gasteiger partial charge in [0.25, 0.3) is 0 Å². The monoisotopic (exact) mass is 359 g/mol. The first-order chi connectivity index (χ1) is 9.68. The average molecular weight is 360 g/mol. The first-order valence-electron chi connectivity index (χ1n) is 6.10. The van der Waals surface area contributed by atoms with Crippen LogP contribution in [0.5, 0.6) is 11.5 Å². The van der Waals surface area contributed by atoms with Crippen LogP contribution < -0.4 is 10.5 Å². The Hall–Kier alpha value is -1.69. The Morgan fingerprint density at radius 3 is 2.24 bits per heavy atom. The van der Waals surface area contributed by atoms with E-state index in [2.05, 4.69) is 15.9 Å². The number of aryl methyl sites for hydroxylation is 2. The molecule has 0 aromatic heterocycles. The number of rotatable bonds is 2. The van der Waals surface area contributed by atoms with Gasteiger partial charge in [0.15, 0.2) is 0 Å². The van der Waals surface area contributed by atoms with Crippen molar-refractivity contribution in [1.29, 1.82) is 0 Å². The zero-order valence-electron chi connectivity index (χ0n) is 11.4. The predicted octanol–water partition coefficient (Wildman–Crippen LogP) is 5.46.